The molecule has 1 fully saturated rings. The first-order chi connectivity index (χ1) is 11.8. The van der Waals surface area contributed by atoms with E-state index in [0.717, 1.165) is 31.2 Å². The highest BCUT2D eigenvalue weighted by Gasteiger charge is 2.23. The van der Waals surface area contributed by atoms with Crippen LogP contribution in [0.4, 0.5) is 0 Å². The lowest BCUT2D eigenvalue weighted by Gasteiger charge is -2.33. The molecule has 5 nitrogen and oxygen atoms in total. The van der Waals surface area contributed by atoms with Crippen LogP contribution in [0.15, 0.2) is 30.8 Å². The van der Waals surface area contributed by atoms with Gasteiger partial charge in [-0.2, -0.15) is 0 Å². The predicted octanol–water partition coefficient (Wildman–Crippen LogP) is 2.84. The number of amides is 1. The summed E-state index contributed by atoms with van der Waals surface area (Å²) in [6, 6.07) is 8.31. The fourth-order valence-electron chi connectivity index (χ4n) is 3.27. The zero-order chi connectivity index (χ0) is 18.6. The van der Waals surface area contributed by atoms with Crippen LogP contribution in [-0.2, 0) is 0 Å². The molecule has 0 unspecified atom stereocenters. The minimum absolute atomic E-state index is 0.0452. The molecule has 5 heteroatoms. The number of carbonyl (C=O) groups is 1. The van der Waals surface area contributed by atoms with E-state index in [9.17, 15) is 4.79 Å². The number of nitrogens with one attached hydrogen (secondary N) is 2. The number of rotatable bonds is 5. The van der Waals surface area contributed by atoms with Gasteiger partial charge in [-0.25, -0.2) is 0 Å². The van der Waals surface area contributed by atoms with E-state index < -0.39 is 0 Å². The van der Waals surface area contributed by atoms with Gasteiger partial charge in [0.05, 0.1) is 0 Å². The van der Waals surface area contributed by atoms with E-state index in [1.165, 1.54) is 0 Å². The van der Waals surface area contributed by atoms with Crippen LogP contribution in [0.25, 0.3) is 5.57 Å². The lowest BCUT2D eigenvalue weighted by Crippen LogP contribution is -2.41. The molecular weight excluding hydrogens is 312 g/mol. The summed E-state index contributed by atoms with van der Waals surface area (Å²) in [6.07, 6.45) is 4.43. The Kier molecular flexibility index (Phi) is 6.37. The molecule has 0 spiro atoms. The molecule has 1 aromatic rings. The second kappa shape index (κ2) is 8.30. The molecule has 1 amide bonds. The smallest absolute Gasteiger partial charge is 0.253 e. The molecule has 1 aliphatic rings. The van der Waals surface area contributed by atoms with E-state index in [1.54, 1.807) is 25.1 Å². The summed E-state index contributed by atoms with van der Waals surface area (Å²) in [6.45, 7) is 4.06. The molecular formula is C20H30N4O. The predicted molar refractivity (Wildman–Crippen MR) is 104 cm³/mol. The molecule has 0 aromatic heterocycles. The van der Waals surface area contributed by atoms with Gasteiger partial charge in [0.2, 0.25) is 0 Å². The van der Waals surface area contributed by atoms with Gasteiger partial charge in [-0.1, -0.05) is 18.7 Å². The van der Waals surface area contributed by atoms with Crippen molar-refractivity contribution in [3.63, 3.8) is 0 Å². The van der Waals surface area contributed by atoms with E-state index in [0.29, 0.717) is 29.1 Å². The van der Waals surface area contributed by atoms with Gasteiger partial charge in [0.15, 0.2) is 0 Å². The number of hydrogen-bond donors (Lipinski definition) is 2. The Morgan fingerprint density at radius 2 is 1.72 bits per heavy atom. The van der Waals surface area contributed by atoms with Crippen LogP contribution in [-0.4, -0.2) is 61.8 Å². The monoisotopic (exact) mass is 342 g/mol. The third kappa shape index (κ3) is 4.92. The van der Waals surface area contributed by atoms with Crippen LogP contribution >= 0.6 is 0 Å². The van der Waals surface area contributed by atoms with Crippen LogP contribution in [0.3, 0.4) is 0 Å². The Morgan fingerprint density at radius 3 is 2.28 bits per heavy atom. The van der Waals surface area contributed by atoms with Crippen molar-refractivity contribution in [1.29, 1.82) is 5.41 Å². The highest BCUT2D eigenvalue weighted by Crippen LogP contribution is 2.23. The zero-order valence-corrected chi connectivity index (χ0v) is 15.8. The van der Waals surface area contributed by atoms with Crippen molar-refractivity contribution in [2.45, 2.75) is 37.8 Å². The molecule has 25 heavy (non-hydrogen) atoms. The summed E-state index contributed by atoms with van der Waals surface area (Å²) in [5, 5.41) is 11.7. The summed E-state index contributed by atoms with van der Waals surface area (Å²) in [7, 11) is 7.73. The van der Waals surface area contributed by atoms with Gasteiger partial charge in [-0.05, 0) is 57.5 Å². The highest BCUT2D eigenvalue weighted by atomic mass is 16.2. The SMILES string of the molecule is C=C(C(=N)N[C@H]1CC[C@H](N(C)C)CC1)c1cccc(C(=O)N(C)C)c1. The minimum atomic E-state index is -0.0452. The maximum absolute atomic E-state index is 12.1. The van der Waals surface area contributed by atoms with Crippen molar-refractivity contribution in [3.05, 3.63) is 42.0 Å². The fourth-order valence-corrected chi connectivity index (χ4v) is 3.27. The average Bonchev–Trinajstić information content (AvgIpc) is 2.60. The molecule has 1 aromatic carbocycles. The molecule has 0 aliphatic heterocycles. The van der Waals surface area contributed by atoms with Crippen LogP contribution in [0.1, 0.15) is 41.6 Å². The molecule has 0 bridgehead atoms. The first-order valence-electron chi connectivity index (χ1n) is 8.82. The number of carbonyl (C=O) groups excluding carboxylic acids is 1. The Hall–Kier alpha value is -2.14. The Balaban J connectivity index is 1.98. The van der Waals surface area contributed by atoms with E-state index in [4.69, 9.17) is 5.41 Å². The zero-order valence-electron chi connectivity index (χ0n) is 15.8. The lowest BCUT2D eigenvalue weighted by molar-refractivity contribution is 0.0827. The van der Waals surface area contributed by atoms with Crippen molar-refractivity contribution < 1.29 is 4.79 Å². The van der Waals surface area contributed by atoms with E-state index in [-0.39, 0.29) is 5.91 Å². The maximum Gasteiger partial charge on any atom is 0.253 e. The van der Waals surface area contributed by atoms with Crippen LogP contribution in [0, 0.1) is 5.41 Å². The lowest BCUT2D eigenvalue weighted by atomic mass is 9.90. The van der Waals surface area contributed by atoms with Gasteiger partial charge in [-0.15, -0.1) is 0 Å². The van der Waals surface area contributed by atoms with E-state index in [2.05, 4.69) is 30.9 Å². The molecule has 0 saturated heterocycles. The fraction of sp³-hybridized carbons (Fsp3) is 0.500. The van der Waals surface area contributed by atoms with Crippen molar-refractivity contribution >= 4 is 17.3 Å². The minimum Gasteiger partial charge on any atom is -0.367 e. The first-order valence-corrected chi connectivity index (χ1v) is 8.82. The summed E-state index contributed by atoms with van der Waals surface area (Å²) in [5.74, 6) is 0.305. The quantitative estimate of drug-likeness (QED) is 0.639. The largest absolute Gasteiger partial charge is 0.367 e. The topological polar surface area (TPSA) is 59.4 Å². The summed E-state index contributed by atoms with van der Waals surface area (Å²) >= 11 is 0. The molecule has 0 heterocycles. The Bertz CT molecular complexity index is 643. The maximum atomic E-state index is 12.1. The molecule has 2 N–H and O–H groups in total. The van der Waals surface area contributed by atoms with Gasteiger partial charge in [-0.3, -0.25) is 10.2 Å². The first kappa shape index (κ1) is 19.2. The third-order valence-electron chi connectivity index (χ3n) is 4.94. The van der Waals surface area contributed by atoms with Gasteiger partial charge in [0.25, 0.3) is 5.91 Å². The van der Waals surface area contributed by atoms with E-state index >= 15 is 0 Å². The highest BCUT2D eigenvalue weighted by molar-refractivity contribution is 6.20. The molecule has 2 rings (SSSR count). The van der Waals surface area contributed by atoms with Crippen molar-refractivity contribution in [3.8, 4) is 0 Å². The van der Waals surface area contributed by atoms with Gasteiger partial charge >= 0.3 is 0 Å². The van der Waals surface area contributed by atoms with Crippen LogP contribution in [0.5, 0.6) is 0 Å². The molecule has 1 aliphatic carbocycles. The van der Waals surface area contributed by atoms with E-state index in [1.807, 2.05) is 18.2 Å². The number of nitrogens with zero attached hydrogens (tertiary/aromatic N) is 2. The summed E-state index contributed by atoms with van der Waals surface area (Å²) in [5.41, 5.74) is 2.05. The molecule has 1 saturated carbocycles. The number of benzene rings is 1. The van der Waals surface area contributed by atoms with Gasteiger partial charge < -0.3 is 15.1 Å². The number of hydrogen-bond acceptors (Lipinski definition) is 3. The Morgan fingerprint density at radius 1 is 1.12 bits per heavy atom. The van der Waals surface area contributed by atoms with Crippen molar-refractivity contribution in [1.82, 2.24) is 15.1 Å². The number of amidine groups is 1. The Labute approximate surface area is 151 Å². The molecule has 0 atom stereocenters. The second-order valence-electron chi connectivity index (χ2n) is 7.25. The standard InChI is InChI=1S/C20H30N4O/c1-14(15-7-6-8-16(13-15)20(25)24(4)5)19(21)22-17-9-11-18(12-10-17)23(2)3/h6-8,13,17-18H,1,9-12H2,2-5H3,(H2,21,22)/t17-,18-. The van der Waals surface area contributed by atoms with Crippen molar-refractivity contribution in [2.24, 2.45) is 0 Å². The van der Waals surface area contributed by atoms with Crippen molar-refractivity contribution in [2.75, 3.05) is 28.2 Å². The van der Waals surface area contributed by atoms with Crippen LogP contribution in [0.2, 0.25) is 0 Å². The third-order valence-corrected chi connectivity index (χ3v) is 4.94. The molecule has 0 radical (unpaired) electrons. The normalized spacial score (nSPS) is 20.2. The van der Waals surface area contributed by atoms with Crippen LogP contribution < -0.4 is 5.32 Å². The average molecular weight is 342 g/mol. The van der Waals surface area contributed by atoms with Gasteiger partial charge in [0.1, 0.15) is 5.84 Å². The van der Waals surface area contributed by atoms with Gasteiger partial charge in [0, 0.05) is 37.3 Å². The summed E-state index contributed by atoms with van der Waals surface area (Å²) in [4.78, 5) is 16.0. The second-order valence-corrected chi connectivity index (χ2v) is 7.25. The molecule has 136 valence electrons. The summed E-state index contributed by atoms with van der Waals surface area (Å²) < 4.78 is 0.